The predicted octanol–water partition coefficient (Wildman–Crippen LogP) is 2.68. The zero-order valence-corrected chi connectivity index (χ0v) is 12.1. The Balaban J connectivity index is 2.10. The van der Waals surface area contributed by atoms with Gasteiger partial charge in [-0.15, -0.1) is 0 Å². The quantitative estimate of drug-likeness (QED) is 0.842. The summed E-state index contributed by atoms with van der Waals surface area (Å²) >= 11 is 0. The Kier molecular flexibility index (Phi) is 5.01. The molecule has 0 saturated carbocycles. The van der Waals surface area contributed by atoms with Gasteiger partial charge in [0.25, 0.3) is 0 Å². The second kappa shape index (κ2) is 6.96. The zero-order valence-electron chi connectivity index (χ0n) is 12.1. The summed E-state index contributed by atoms with van der Waals surface area (Å²) in [5.74, 6) is 2.27. The molecule has 0 bridgehead atoms. The Morgan fingerprint density at radius 3 is 2.80 bits per heavy atom. The molecule has 0 atom stereocenters. The van der Waals surface area contributed by atoms with Crippen LogP contribution in [-0.4, -0.2) is 18.8 Å². The van der Waals surface area contributed by atoms with Crippen molar-refractivity contribution in [2.45, 2.75) is 27.0 Å². The molecule has 0 unspecified atom stereocenters. The van der Waals surface area contributed by atoms with E-state index in [4.69, 9.17) is 14.0 Å². The summed E-state index contributed by atoms with van der Waals surface area (Å²) in [5, 5.41) is 7.13. The molecule has 5 heteroatoms. The molecule has 1 aromatic carbocycles. The topological polar surface area (TPSA) is 56.5 Å². The average Bonchev–Trinajstić information content (AvgIpc) is 2.89. The highest BCUT2D eigenvalue weighted by Crippen LogP contribution is 2.25. The van der Waals surface area contributed by atoms with Gasteiger partial charge < -0.3 is 19.3 Å². The van der Waals surface area contributed by atoms with Gasteiger partial charge in [0.2, 0.25) is 0 Å². The first kappa shape index (κ1) is 14.4. The normalized spacial score (nSPS) is 10.6. The number of nitrogens with zero attached hydrogens (tertiary/aromatic N) is 1. The van der Waals surface area contributed by atoms with Crippen LogP contribution in [0.3, 0.4) is 0 Å². The first-order valence-corrected chi connectivity index (χ1v) is 6.65. The van der Waals surface area contributed by atoms with Crippen LogP contribution in [-0.2, 0) is 13.2 Å². The van der Waals surface area contributed by atoms with E-state index in [9.17, 15) is 0 Å². The van der Waals surface area contributed by atoms with Crippen molar-refractivity contribution < 1.29 is 14.0 Å². The van der Waals surface area contributed by atoms with Gasteiger partial charge in [0.1, 0.15) is 18.1 Å². The molecule has 0 radical (unpaired) electrons. The monoisotopic (exact) mass is 276 g/mol. The molecule has 0 aliphatic heterocycles. The fraction of sp³-hybridized carbons (Fsp3) is 0.400. The van der Waals surface area contributed by atoms with E-state index in [0.29, 0.717) is 12.4 Å². The number of hydrogen-bond acceptors (Lipinski definition) is 5. The Morgan fingerprint density at radius 2 is 2.15 bits per heavy atom. The maximum atomic E-state index is 5.82. The number of methoxy groups -OCH3 is 1. The summed E-state index contributed by atoms with van der Waals surface area (Å²) < 4.78 is 16.2. The standard InChI is InChI=1S/C15H20N2O3/c1-4-16-9-12-5-6-13(18-3)8-15(12)19-10-14-7-11(2)17-20-14/h5-8,16H,4,9-10H2,1-3H3. The maximum Gasteiger partial charge on any atom is 0.174 e. The highest BCUT2D eigenvalue weighted by atomic mass is 16.5. The minimum atomic E-state index is 0.354. The van der Waals surface area contributed by atoms with Crippen molar-refractivity contribution in [1.82, 2.24) is 10.5 Å². The van der Waals surface area contributed by atoms with Crippen LogP contribution < -0.4 is 14.8 Å². The summed E-state index contributed by atoms with van der Waals surface area (Å²) in [4.78, 5) is 0. The Morgan fingerprint density at radius 1 is 1.30 bits per heavy atom. The van der Waals surface area contributed by atoms with Gasteiger partial charge in [-0.25, -0.2) is 0 Å². The van der Waals surface area contributed by atoms with Gasteiger partial charge in [0.15, 0.2) is 5.76 Å². The summed E-state index contributed by atoms with van der Waals surface area (Å²) in [6.45, 7) is 5.97. The van der Waals surface area contributed by atoms with Crippen LogP contribution in [0.15, 0.2) is 28.8 Å². The van der Waals surface area contributed by atoms with E-state index in [0.717, 1.165) is 35.8 Å². The van der Waals surface area contributed by atoms with Crippen LogP contribution >= 0.6 is 0 Å². The average molecular weight is 276 g/mol. The minimum Gasteiger partial charge on any atom is -0.497 e. The Bertz CT molecular complexity index is 552. The molecule has 2 aromatic rings. The summed E-state index contributed by atoms with van der Waals surface area (Å²) in [5.41, 5.74) is 1.94. The molecule has 0 amide bonds. The molecule has 0 aliphatic rings. The van der Waals surface area contributed by atoms with Gasteiger partial charge in [-0.05, 0) is 19.5 Å². The first-order chi connectivity index (χ1) is 9.72. The molecule has 1 aromatic heterocycles. The molecule has 0 aliphatic carbocycles. The van der Waals surface area contributed by atoms with Crippen molar-refractivity contribution in [2.75, 3.05) is 13.7 Å². The lowest BCUT2D eigenvalue weighted by Gasteiger charge is -2.12. The highest BCUT2D eigenvalue weighted by Gasteiger charge is 2.08. The van der Waals surface area contributed by atoms with E-state index in [1.165, 1.54) is 0 Å². The SMILES string of the molecule is CCNCc1ccc(OC)cc1OCc1cc(C)no1. The highest BCUT2D eigenvalue weighted by molar-refractivity contribution is 5.40. The van der Waals surface area contributed by atoms with Gasteiger partial charge in [0, 0.05) is 24.2 Å². The molecule has 0 spiro atoms. The van der Waals surface area contributed by atoms with E-state index >= 15 is 0 Å². The van der Waals surface area contributed by atoms with Crippen LogP contribution in [0, 0.1) is 6.92 Å². The smallest absolute Gasteiger partial charge is 0.174 e. The number of benzene rings is 1. The summed E-state index contributed by atoms with van der Waals surface area (Å²) in [6.07, 6.45) is 0. The van der Waals surface area contributed by atoms with E-state index in [1.807, 2.05) is 31.2 Å². The number of hydrogen-bond donors (Lipinski definition) is 1. The Hall–Kier alpha value is -2.01. The van der Waals surface area contributed by atoms with Crippen molar-refractivity contribution in [1.29, 1.82) is 0 Å². The fourth-order valence-electron chi connectivity index (χ4n) is 1.84. The van der Waals surface area contributed by atoms with Crippen molar-refractivity contribution in [3.05, 3.63) is 41.3 Å². The molecule has 108 valence electrons. The van der Waals surface area contributed by atoms with E-state index in [1.54, 1.807) is 7.11 Å². The molecular formula is C15H20N2O3. The van der Waals surface area contributed by atoms with E-state index in [2.05, 4.69) is 17.4 Å². The van der Waals surface area contributed by atoms with Crippen molar-refractivity contribution in [3.8, 4) is 11.5 Å². The second-order valence-electron chi connectivity index (χ2n) is 4.48. The number of nitrogens with one attached hydrogen (secondary N) is 1. The largest absolute Gasteiger partial charge is 0.497 e. The molecule has 0 saturated heterocycles. The van der Waals surface area contributed by atoms with Crippen LogP contribution in [0.1, 0.15) is 23.9 Å². The van der Waals surface area contributed by atoms with Gasteiger partial charge in [-0.1, -0.05) is 18.1 Å². The minimum absolute atomic E-state index is 0.354. The molecule has 20 heavy (non-hydrogen) atoms. The molecule has 5 nitrogen and oxygen atoms in total. The van der Waals surface area contributed by atoms with E-state index in [-0.39, 0.29) is 0 Å². The summed E-state index contributed by atoms with van der Waals surface area (Å²) in [7, 11) is 1.64. The third-order valence-electron chi connectivity index (χ3n) is 2.89. The molecule has 2 rings (SSSR count). The number of aromatic nitrogens is 1. The molecule has 1 heterocycles. The third-order valence-corrected chi connectivity index (χ3v) is 2.89. The molecule has 1 N–H and O–H groups in total. The molecule has 0 fully saturated rings. The van der Waals surface area contributed by atoms with Crippen LogP contribution in [0.4, 0.5) is 0 Å². The van der Waals surface area contributed by atoms with E-state index < -0.39 is 0 Å². The first-order valence-electron chi connectivity index (χ1n) is 6.65. The lowest BCUT2D eigenvalue weighted by Crippen LogP contribution is -2.13. The second-order valence-corrected chi connectivity index (χ2v) is 4.48. The third kappa shape index (κ3) is 3.74. The predicted molar refractivity (Wildman–Crippen MR) is 75.9 cm³/mol. The van der Waals surface area contributed by atoms with Gasteiger partial charge in [0.05, 0.1) is 12.8 Å². The number of ether oxygens (including phenoxy) is 2. The van der Waals surface area contributed by atoms with Gasteiger partial charge in [-0.2, -0.15) is 0 Å². The fourth-order valence-corrected chi connectivity index (χ4v) is 1.84. The van der Waals surface area contributed by atoms with Crippen molar-refractivity contribution >= 4 is 0 Å². The van der Waals surface area contributed by atoms with Crippen LogP contribution in [0.5, 0.6) is 11.5 Å². The zero-order chi connectivity index (χ0) is 14.4. The maximum absolute atomic E-state index is 5.82. The van der Waals surface area contributed by atoms with Gasteiger partial charge in [-0.3, -0.25) is 0 Å². The summed E-state index contributed by atoms with van der Waals surface area (Å²) in [6, 6.07) is 7.68. The number of rotatable bonds is 7. The number of aryl methyl sites for hydroxylation is 1. The van der Waals surface area contributed by atoms with Gasteiger partial charge >= 0.3 is 0 Å². The van der Waals surface area contributed by atoms with Crippen molar-refractivity contribution in [2.24, 2.45) is 0 Å². The van der Waals surface area contributed by atoms with Crippen LogP contribution in [0.25, 0.3) is 0 Å². The molecular weight excluding hydrogens is 256 g/mol. The lowest BCUT2D eigenvalue weighted by atomic mass is 10.2. The van der Waals surface area contributed by atoms with Crippen LogP contribution in [0.2, 0.25) is 0 Å². The van der Waals surface area contributed by atoms with Crippen molar-refractivity contribution in [3.63, 3.8) is 0 Å². The Labute approximate surface area is 118 Å². The lowest BCUT2D eigenvalue weighted by molar-refractivity contribution is 0.245.